The molecule has 0 aliphatic rings. The second kappa shape index (κ2) is 12.8. The molecule has 0 aliphatic heterocycles. The van der Waals surface area contributed by atoms with E-state index in [0.717, 1.165) is 12.8 Å². The summed E-state index contributed by atoms with van der Waals surface area (Å²) in [5, 5.41) is 6.16. The van der Waals surface area contributed by atoms with Crippen LogP contribution in [-0.2, 0) is 18.8 Å². The van der Waals surface area contributed by atoms with Crippen molar-refractivity contribution >= 4 is 21.3 Å². The van der Waals surface area contributed by atoms with Gasteiger partial charge in [-0.05, 0) is 23.7 Å². The summed E-state index contributed by atoms with van der Waals surface area (Å²) in [6, 6.07) is 0. The lowest BCUT2D eigenvalue weighted by molar-refractivity contribution is -0.130. The molecule has 0 saturated carbocycles. The smallest absolute Gasteiger partial charge is 0.225 e. The highest BCUT2D eigenvalue weighted by atomic mass is 31.0. The standard InChI is InChI=1S/C26H53N2O4P/c1-22(2,3)12-13-26(10,11)21(30)28-16-25(8,9)18-31-17-24(6,7)15-27-20(29)14-23(4,5)19-32-33/h12-19,33H2,1-11H3,(H,27,29)(H,28,30). The Kier molecular flexibility index (Phi) is 12.6. The zero-order chi connectivity index (χ0) is 26.1. The van der Waals surface area contributed by atoms with E-state index >= 15 is 0 Å². The summed E-state index contributed by atoms with van der Waals surface area (Å²) in [7, 11) is 2.23. The third-order valence-electron chi connectivity index (χ3n) is 5.71. The van der Waals surface area contributed by atoms with Crippen LogP contribution in [0.1, 0.15) is 95.4 Å². The molecule has 0 saturated heterocycles. The van der Waals surface area contributed by atoms with Gasteiger partial charge in [-0.25, -0.2) is 0 Å². The Balaban J connectivity index is 4.45. The minimum Gasteiger partial charge on any atom is -0.380 e. The first-order valence-corrected chi connectivity index (χ1v) is 12.6. The van der Waals surface area contributed by atoms with Crippen molar-refractivity contribution in [3.63, 3.8) is 0 Å². The molecule has 1 unspecified atom stereocenters. The summed E-state index contributed by atoms with van der Waals surface area (Å²) < 4.78 is 11.1. The quantitative estimate of drug-likeness (QED) is 0.304. The zero-order valence-electron chi connectivity index (χ0n) is 23.4. The molecule has 2 amide bonds. The molecule has 7 heteroatoms. The van der Waals surface area contributed by atoms with Crippen molar-refractivity contribution in [3.05, 3.63) is 0 Å². The van der Waals surface area contributed by atoms with E-state index in [1.54, 1.807) is 0 Å². The van der Waals surface area contributed by atoms with Gasteiger partial charge >= 0.3 is 0 Å². The van der Waals surface area contributed by atoms with Gasteiger partial charge in [-0.2, -0.15) is 0 Å². The van der Waals surface area contributed by atoms with Crippen LogP contribution in [0, 0.1) is 27.1 Å². The highest BCUT2D eigenvalue weighted by Crippen LogP contribution is 2.31. The van der Waals surface area contributed by atoms with Gasteiger partial charge in [0.15, 0.2) is 0 Å². The van der Waals surface area contributed by atoms with E-state index in [2.05, 4.69) is 68.6 Å². The topological polar surface area (TPSA) is 76.7 Å². The molecule has 0 aromatic rings. The summed E-state index contributed by atoms with van der Waals surface area (Å²) in [6.45, 7) is 25.7. The first kappa shape index (κ1) is 32.3. The van der Waals surface area contributed by atoms with Crippen LogP contribution in [0.2, 0.25) is 0 Å². The van der Waals surface area contributed by atoms with Crippen LogP contribution in [-0.4, -0.2) is 44.7 Å². The van der Waals surface area contributed by atoms with Crippen LogP contribution in [0.3, 0.4) is 0 Å². The Morgan fingerprint density at radius 1 is 0.697 bits per heavy atom. The lowest BCUT2D eigenvalue weighted by Crippen LogP contribution is -2.44. The highest BCUT2D eigenvalue weighted by molar-refractivity contribution is 7.09. The molecule has 2 N–H and O–H groups in total. The van der Waals surface area contributed by atoms with Crippen LogP contribution >= 0.6 is 9.47 Å². The highest BCUT2D eigenvalue weighted by Gasteiger charge is 2.31. The molecule has 0 fully saturated rings. The maximum atomic E-state index is 12.7. The molecule has 196 valence electrons. The van der Waals surface area contributed by atoms with Crippen molar-refractivity contribution < 1.29 is 18.8 Å². The van der Waals surface area contributed by atoms with Gasteiger partial charge in [0.25, 0.3) is 0 Å². The van der Waals surface area contributed by atoms with Crippen molar-refractivity contribution in [2.24, 2.45) is 27.1 Å². The molecule has 6 nitrogen and oxygen atoms in total. The number of amides is 2. The zero-order valence-corrected chi connectivity index (χ0v) is 24.5. The van der Waals surface area contributed by atoms with Gasteiger partial charge in [0.2, 0.25) is 11.8 Å². The van der Waals surface area contributed by atoms with Crippen molar-refractivity contribution in [1.82, 2.24) is 10.6 Å². The molecule has 0 spiro atoms. The first-order chi connectivity index (χ1) is 14.7. The second-order valence-electron chi connectivity index (χ2n) is 13.9. The fraction of sp³-hybridized carbons (Fsp3) is 0.923. The Morgan fingerprint density at radius 2 is 1.18 bits per heavy atom. The van der Waals surface area contributed by atoms with Crippen molar-refractivity contribution in [3.8, 4) is 0 Å². The Labute approximate surface area is 206 Å². The van der Waals surface area contributed by atoms with Gasteiger partial charge in [0.1, 0.15) is 0 Å². The summed E-state index contributed by atoms with van der Waals surface area (Å²) in [6.07, 6.45) is 2.28. The van der Waals surface area contributed by atoms with Crippen molar-refractivity contribution in [1.29, 1.82) is 0 Å². The Hall–Kier alpha value is -0.710. The molecule has 33 heavy (non-hydrogen) atoms. The largest absolute Gasteiger partial charge is 0.380 e. The summed E-state index contributed by atoms with van der Waals surface area (Å²) >= 11 is 0. The van der Waals surface area contributed by atoms with Gasteiger partial charge < -0.3 is 19.9 Å². The number of hydrogen-bond acceptors (Lipinski definition) is 4. The normalized spacial score (nSPS) is 13.7. The maximum absolute atomic E-state index is 12.7. The first-order valence-electron chi connectivity index (χ1n) is 12.1. The summed E-state index contributed by atoms with van der Waals surface area (Å²) in [5.74, 6) is 0.116. The average molecular weight is 489 g/mol. The van der Waals surface area contributed by atoms with Crippen molar-refractivity contribution in [2.45, 2.75) is 95.4 Å². The SMILES string of the molecule is CC(C)(C)CCC(C)(C)C(=O)NCC(C)(C)COCC(C)(C)CNC(=O)CC(C)(C)COP. The number of carbonyl (C=O) groups is 2. The van der Waals surface area contributed by atoms with E-state index in [0.29, 0.717) is 39.3 Å². The van der Waals surface area contributed by atoms with E-state index < -0.39 is 0 Å². The molecule has 0 heterocycles. The molecule has 0 radical (unpaired) electrons. The van der Waals surface area contributed by atoms with E-state index in [1.807, 2.05) is 27.7 Å². The Morgan fingerprint density at radius 3 is 1.64 bits per heavy atom. The summed E-state index contributed by atoms with van der Waals surface area (Å²) in [5.41, 5.74) is -0.748. The predicted octanol–water partition coefficient (Wildman–Crippen LogP) is 5.36. The van der Waals surface area contributed by atoms with Crippen LogP contribution in [0.5, 0.6) is 0 Å². The fourth-order valence-corrected chi connectivity index (χ4v) is 3.63. The number of carbonyl (C=O) groups excluding carboxylic acids is 2. The van der Waals surface area contributed by atoms with E-state index in [9.17, 15) is 9.59 Å². The minimum absolute atomic E-state index is 0.0206. The van der Waals surface area contributed by atoms with E-state index in [-0.39, 0.29) is 38.9 Å². The number of nitrogens with one attached hydrogen (secondary N) is 2. The van der Waals surface area contributed by atoms with Gasteiger partial charge in [0.05, 0.1) is 19.8 Å². The molecular weight excluding hydrogens is 435 g/mol. The number of hydrogen-bond donors (Lipinski definition) is 2. The van der Waals surface area contributed by atoms with Crippen molar-refractivity contribution in [2.75, 3.05) is 32.9 Å². The molecule has 0 aromatic carbocycles. The molecule has 0 aliphatic carbocycles. The molecule has 0 bridgehead atoms. The third-order valence-corrected chi connectivity index (χ3v) is 5.87. The molecular formula is C26H53N2O4P. The van der Waals surface area contributed by atoms with Gasteiger partial charge in [-0.3, -0.25) is 9.59 Å². The fourth-order valence-electron chi connectivity index (χ4n) is 3.18. The maximum Gasteiger partial charge on any atom is 0.225 e. The lowest BCUT2D eigenvalue weighted by Gasteiger charge is -2.32. The molecule has 1 atom stereocenters. The van der Waals surface area contributed by atoms with Crippen LogP contribution < -0.4 is 10.6 Å². The van der Waals surface area contributed by atoms with Gasteiger partial charge in [-0.1, -0.05) is 76.2 Å². The number of rotatable bonds is 15. The van der Waals surface area contributed by atoms with Gasteiger partial charge in [0, 0.05) is 45.2 Å². The van der Waals surface area contributed by atoms with Crippen LogP contribution in [0.25, 0.3) is 0 Å². The van der Waals surface area contributed by atoms with Gasteiger partial charge in [-0.15, -0.1) is 0 Å². The lowest BCUT2D eigenvalue weighted by atomic mass is 9.79. The van der Waals surface area contributed by atoms with E-state index in [4.69, 9.17) is 9.26 Å². The third kappa shape index (κ3) is 15.7. The number of ether oxygens (including phenoxy) is 1. The predicted molar refractivity (Wildman–Crippen MR) is 141 cm³/mol. The monoisotopic (exact) mass is 488 g/mol. The molecule has 0 rings (SSSR count). The van der Waals surface area contributed by atoms with Crippen LogP contribution in [0.4, 0.5) is 0 Å². The molecule has 0 aromatic heterocycles. The van der Waals surface area contributed by atoms with Crippen LogP contribution in [0.15, 0.2) is 0 Å². The van der Waals surface area contributed by atoms with E-state index in [1.165, 1.54) is 0 Å². The second-order valence-corrected chi connectivity index (χ2v) is 14.2. The average Bonchev–Trinajstić information content (AvgIpc) is 2.61. The Bertz CT molecular complexity index is 622. The minimum atomic E-state index is -0.388. The summed E-state index contributed by atoms with van der Waals surface area (Å²) in [4.78, 5) is 25.0.